The van der Waals surface area contributed by atoms with Crippen molar-refractivity contribution in [2.45, 2.75) is 13.8 Å². The summed E-state index contributed by atoms with van der Waals surface area (Å²) in [5.74, 6) is -0.739. The van der Waals surface area contributed by atoms with Crippen LogP contribution in [0, 0.1) is 19.7 Å². The van der Waals surface area contributed by atoms with Gasteiger partial charge in [0, 0.05) is 11.4 Å². The number of rotatable bonds is 6. The zero-order valence-electron chi connectivity index (χ0n) is 14.7. The van der Waals surface area contributed by atoms with Gasteiger partial charge in [-0.15, -0.1) is 0 Å². The molecule has 2 aromatic carbocycles. The van der Waals surface area contributed by atoms with E-state index in [2.05, 4.69) is 10.6 Å². The minimum atomic E-state index is -0.357. The molecule has 0 spiro atoms. The summed E-state index contributed by atoms with van der Waals surface area (Å²) in [5.41, 5.74) is 3.34. The highest BCUT2D eigenvalue weighted by molar-refractivity contribution is 5.94. The van der Waals surface area contributed by atoms with Gasteiger partial charge in [0.15, 0.2) is 13.1 Å². The first kappa shape index (κ1) is 18.6. The van der Waals surface area contributed by atoms with E-state index in [1.165, 1.54) is 24.3 Å². The Balaban J connectivity index is 1.84. The molecule has 0 aliphatic heterocycles. The van der Waals surface area contributed by atoms with Gasteiger partial charge in [-0.1, -0.05) is 18.2 Å². The van der Waals surface area contributed by atoms with Gasteiger partial charge < -0.3 is 15.5 Å². The van der Waals surface area contributed by atoms with Gasteiger partial charge in [-0.2, -0.15) is 0 Å². The lowest BCUT2D eigenvalue weighted by Crippen LogP contribution is -3.11. The monoisotopic (exact) mass is 344 g/mol. The van der Waals surface area contributed by atoms with Crippen LogP contribution in [-0.4, -0.2) is 32.0 Å². The van der Waals surface area contributed by atoms with Crippen LogP contribution in [0.2, 0.25) is 0 Å². The van der Waals surface area contributed by atoms with E-state index in [1.54, 1.807) is 7.05 Å². The van der Waals surface area contributed by atoms with E-state index >= 15 is 0 Å². The summed E-state index contributed by atoms with van der Waals surface area (Å²) in [6.45, 7) is 4.19. The summed E-state index contributed by atoms with van der Waals surface area (Å²) < 4.78 is 12.9. The number of carbonyl (C=O) groups is 2. The summed E-state index contributed by atoms with van der Waals surface area (Å²) in [4.78, 5) is 25.0. The van der Waals surface area contributed by atoms with Crippen molar-refractivity contribution in [3.8, 4) is 0 Å². The fourth-order valence-electron chi connectivity index (χ4n) is 2.54. The Kier molecular flexibility index (Phi) is 6.25. The number of carbonyl (C=O) groups excluding carboxylic acids is 2. The molecule has 132 valence electrons. The number of anilines is 2. The van der Waals surface area contributed by atoms with Crippen molar-refractivity contribution in [3.05, 3.63) is 59.4 Å². The summed E-state index contributed by atoms with van der Waals surface area (Å²) in [6, 6.07) is 11.4. The van der Waals surface area contributed by atoms with Gasteiger partial charge >= 0.3 is 0 Å². The molecule has 25 heavy (non-hydrogen) atoms. The Hall–Kier alpha value is -2.73. The summed E-state index contributed by atoms with van der Waals surface area (Å²) in [5, 5.41) is 5.59. The number of likely N-dealkylation sites (N-methyl/N-ethyl adjacent to an activating group) is 1. The minimum absolute atomic E-state index is 0.136. The molecular formula is C19H23FN3O2+. The largest absolute Gasteiger partial charge is 0.322 e. The van der Waals surface area contributed by atoms with Crippen LogP contribution in [0.5, 0.6) is 0 Å². The van der Waals surface area contributed by atoms with Crippen LogP contribution in [0.15, 0.2) is 42.5 Å². The molecule has 5 nitrogen and oxygen atoms in total. The highest BCUT2D eigenvalue weighted by Crippen LogP contribution is 2.18. The molecule has 0 aromatic heterocycles. The highest BCUT2D eigenvalue weighted by atomic mass is 19.1. The Labute approximate surface area is 146 Å². The number of hydrogen-bond donors (Lipinski definition) is 3. The predicted octanol–water partition coefficient (Wildman–Crippen LogP) is 1.53. The topological polar surface area (TPSA) is 62.6 Å². The van der Waals surface area contributed by atoms with Crippen molar-refractivity contribution in [1.29, 1.82) is 0 Å². The first-order chi connectivity index (χ1) is 11.8. The lowest BCUT2D eigenvalue weighted by Gasteiger charge is -2.15. The Bertz CT molecular complexity index is 740. The van der Waals surface area contributed by atoms with Gasteiger partial charge in [0.2, 0.25) is 0 Å². The Morgan fingerprint density at radius 1 is 0.920 bits per heavy atom. The van der Waals surface area contributed by atoms with E-state index in [0.29, 0.717) is 5.69 Å². The van der Waals surface area contributed by atoms with Crippen LogP contribution in [0.4, 0.5) is 15.8 Å². The number of amides is 2. The number of hydrogen-bond acceptors (Lipinski definition) is 2. The van der Waals surface area contributed by atoms with Crippen molar-refractivity contribution < 1.29 is 18.9 Å². The molecule has 0 aliphatic rings. The molecule has 2 rings (SSSR count). The number of para-hydroxylation sites is 1. The quantitative estimate of drug-likeness (QED) is 0.744. The third-order valence-corrected chi connectivity index (χ3v) is 3.80. The molecule has 1 atom stereocenters. The fraction of sp³-hybridized carbons (Fsp3) is 0.263. The molecule has 0 saturated carbocycles. The van der Waals surface area contributed by atoms with Crippen LogP contribution in [0.25, 0.3) is 0 Å². The molecule has 0 aliphatic carbocycles. The number of quaternary nitrogens is 1. The van der Waals surface area contributed by atoms with Crippen molar-refractivity contribution in [2.75, 3.05) is 30.8 Å². The second kappa shape index (κ2) is 8.39. The molecule has 3 N–H and O–H groups in total. The van der Waals surface area contributed by atoms with Gasteiger partial charge in [0.05, 0.1) is 7.05 Å². The summed E-state index contributed by atoms with van der Waals surface area (Å²) in [6.07, 6.45) is 0. The predicted molar refractivity (Wildman–Crippen MR) is 96.2 cm³/mol. The van der Waals surface area contributed by atoms with Crippen LogP contribution in [0.1, 0.15) is 11.1 Å². The third-order valence-electron chi connectivity index (χ3n) is 3.80. The molecule has 0 bridgehead atoms. The SMILES string of the molecule is Cc1cccc(C)c1NC(=O)C[NH+](C)CC(=O)Nc1ccc(F)cc1. The van der Waals surface area contributed by atoms with Gasteiger partial charge in [0.1, 0.15) is 5.82 Å². The lowest BCUT2D eigenvalue weighted by molar-refractivity contribution is -0.862. The van der Waals surface area contributed by atoms with Gasteiger partial charge in [-0.25, -0.2) is 4.39 Å². The first-order valence-corrected chi connectivity index (χ1v) is 8.08. The summed E-state index contributed by atoms with van der Waals surface area (Å²) >= 11 is 0. The van der Waals surface area contributed by atoms with E-state index in [1.807, 2.05) is 32.0 Å². The maximum absolute atomic E-state index is 12.9. The molecule has 0 heterocycles. The first-order valence-electron chi connectivity index (χ1n) is 8.08. The highest BCUT2D eigenvalue weighted by Gasteiger charge is 2.15. The maximum Gasteiger partial charge on any atom is 0.279 e. The zero-order valence-corrected chi connectivity index (χ0v) is 14.7. The smallest absolute Gasteiger partial charge is 0.279 e. The fourth-order valence-corrected chi connectivity index (χ4v) is 2.54. The molecule has 2 aromatic rings. The molecule has 2 amide bonds. The zero-order chi connectivity index (χ0) is 18.4. The minimum Gasteiger partial charge on any atom is -0.322 e. The van der Waals surface area contributed by atoms with Crippen molar-refractivity contribution in [1.82, 2.24) is 0 Å². The molecule has 0 saturated heterocycles. The molecule has 0 fully saturated rings. The summed E-state index contributed by atoms with van der Waals surface area (Å²) in [7, 11) is 1.77. The maximum atomic E-state index is 12.9. The molecular weight excluding hydrogens is 321 g/mol. The van der Waals surface area contributed by atoms with Crippen LogP contribution in [0.3, 0.4) is 0 Å². The number of benzene rings is 2. The van der Waals surface area contributed by atoms with Crippen molar-refractivity contribution in [3.63, 3.8) is 0 Å². The molecule has 6 heteroatoms. The van der Waals surface area contributed by atoms with E-state index in [-0.39, 0.29) is 30.7 Å². The normalized spacial score (nSPS) is 11.7. The van der Waals surface area contributed by atoms with E-state index in [0.717, 1.165) is 21.7 Å². The van der Waals surface area contributed by atoms with Crippen molar-refractivity contribution in [2.24, 2.45) is 0 Å². The van der Waals surface area contributed by atoms with Crippen LogP contribution >= 0.6 is 0 Å². The van der Waals surface area contributed by atoms with Crippen LogP contribution < -0.4 is 15.5 Å². The molecule has 1 unspecified atom stereocenters. The van der Waals surface area contributed by atoms with Gasteiger partial charge in [0.25, 0.3) is 11.8 Å². The number of nitrogens with one attached hydrogen (secondary N) is 3. The average molecular weight is 344 g/mol. The number of halogens is 1. The van der Waals surface area contributed by atoms with E-state index in [9.17, 15) is 14.0 Å². The Morgan fingerprint density at radius 3 is 2.00 bits per heavy atom. The van der Waals surface area contributed by atoms with Gasteiger partial charge in [-0.05, 0) is 49.2 Å². The van der Waals surface area contributed by atoms with Crippen LogP contribution in [-0.2, 0) is 9.59 Å². The second-order valence-corrected chi connectivity index (χ2v) is 6.18. The second-order valence-electron chi connectivity index (χ2n) is 6.18. The molecule has 0 radical (unpaired) electrons. The Morgan fingerprint density at radius 2 is 1.44 bits per heavy atom. The number of aryl methyl sites for hydroxylation is 2. The standard InChI is InChI=1S/C19H22FN3O2/c1-13-5-4-6-14(2)19(13)22-18(25)12-23(3)11-17(24)21-16-9-7-15(20)8-10-16/h4-10H,11-12H2,1-3H3,(H,21,24)(H,22,25)/p+1. The average Bonchev–Trinajstić information content (AvgIpc) is 2.53. The van der Waals surface area contributed by atoms with Crippen molar-refractivity contribution >= 4 is 23.2 Å². The third kappa shape index (κ3) is 5.69. The van der Waals surface area contributed by atoms with E-state index in [4.69, 9.17) is 0 Å². The van der Waals surface area contributed by atoms with E-state index < -0.39 is 0 Å². The lowest BCUT2D eigenvalue weighted by atomic mass is 10.1. The van der Waals surface area contributed by atoms with Gasteiger partial charge in [-0.3, -0.25) is 9.59 Å².